The summed E-state index contributed by atoms with van der Waals surface area (Å²) in [4.78, 5) is 26.1. The van der Waals surface area contributed by atoms with E-state index in [1.165, 1.54) is 12.3 Å². The number of nitrogens with zero attached hydrogens (tertiary/aromatic N) is 1. The Labute approximate surface area is 105 Å². The Hall–Kier alpha value is -2.11. The monoisotopic (exact) mass is 252 g/mol. The molecule has 0 saturated heterocycles. The number of rotatable bonds is 5. The molecule has 0 aromatic carbocycles. The van der Waals surface area contributed by atoms with Gasteiger partial charge in [-0.2, -0.15) is 0 Å². The summed E-state index contributed by atoms with van der Waals surface area (Å²) in [6, 6.07) is 2.95. The fraction of sp³-hybridized carbons (Fsp3) is 0.417. The van der Waals surface area contributed by atoms with E-state index in [4.69, 9.17) is 5.11 Å². The van der Waals surface area contributed by atoms with Crippen LogP contribution in [0, 0.1) is 5.41 Å². The average Bonchev–Trinajstić information content (AvgIpc) is 2.18. The summed E-state index contributed by atoms with van der Waals surface area (Å²) in [5.41, 5.74) is -0.652. The molecule has 0 saturated carbocycles. The Bertz CT molecular complexity index is 457. The van der Waals surface area contributed by atoms with E-state index in [1.807, 2.05) is 0 Å². The van der Waals surface area contributed by atoms with Crippen LogP contribution in [0.3, 0.4) is 0 Å². The summed E-state index contributed by atoms with van der Waals surface area (Å²) < 4.78 is 0. The lowest BCUT2D eigenvalue weighted by molar-refractivity contribution is -0.139. The van der Waals surface area contributed by atoms with Crippen LogP contribution in [-0.4, -0.2) is 27.1 Å². The van der Waals surface area contributed by atoms with Crippen molar-refractivity contribution >= 4 is 17.7 Å². The van der Waals surface area contributed by atoms with E-state index >= 15 is 0 Å². The van der Waals surface area contributed by atoms with Crippen molar-refractivity contribution in [3.05, 3.63) is 18.3 Å². The number of hydrogen-bond donors (Lipinski definition) is 3. The van der Waals surface area contributed by atoms with Crippen molar-refractivity contribution in [2.75, 3.05) is 5.32 Å². The molecule has 0 atom stereocenters. The quantitative estimate of drug-likeness (QED) is 0.739. The zero-order chi connectivity index (χ0) is 13.8. The van der Waals surface area contributed by atoms with Gasteiger partial charge in [-0.05, 0) is 17.5 Å². The van der Waals surface area contributed by atoms with E-state index in [0.29, 0.717) is 0 Å². The lowest BCUT2D eigenvalue weighted by Gasteiger charge is -2.21. The molecular weight excluding hydrogens is 236 g/mol. The maximum absolute atomic E-state index is 11.7. The SMILES string of the molecule is CC(C)(CC(=O)O)CC(=O)Nc1ncccc1O. The molecule has 0 aliphatic rings. The van der Waals surface area contributed by atoms with Crippen LogP contribution in [0.15, 0.2) is 18.3 Å². The summed E-state index contributed by atoms with van der Waals surface area (Å²) in [7, 11) is 0. The molecule has 98 valence electrons. The number of carbonyl (C=O) groups excluding carboxylic acids is 1. The Balaban J connectivity index is 2.62. The Kier molecular flexibility index (Phi) is 4.25. The van der Waals surface area contributed by atoms with Crippen molar-refractivity contribution in [1.82, 2.24) is 4.98 Å². The first kappa shape index (κ1) is 14.0. The second-order valence-electron chi connectivity index (χ2n) is 4.83. The molecule has 0 aliphatic carbocycles. The first-order valence-corrected chi connectivity index (χ1v) is 5.46. The van der Waals surface area contributed by atoms with Crippen LogP contribution in [0.4, 0.5) is 5.82 Å². The molecule has 1 rings (SSSR count). The number of carbonyl (C=O) groups is 2. The lowest BCUT2D eigenvalue weighted by Crippen LogP contribution is -2.25. The minimum absolute atomic E-state index is 0.0370. The van der Waals surface area contributed by atoms with Crippen LogP contribution in [0.25, 0.3) is 0 Å². The topological polar surface area (TPSA) is 99.5 Å². The summed E-state index contributed by atoms with van der Waals surface area (Å²) in [6.07, 6.45) is 1.38. The third-order valence-corrected chi connectivity index (χ3v) is 2.31. The van der Waals surface area contributed by atoms with Gasteiger partial charge in [0.15, 0.2) is 11.6 Å². The Morgan fingerprint density at radius 2 is 2.06 bits per heavy atom. The summed E-state index contributed by atoms with van der Waals surface area (Å²) in [6.45, 7) is 3.39. The van der Waals surface area contributed by atoms with Gasteiger partial charge in [0.2, 0.25) is 5.91 Å². The number of aromatic nitrogens is 1. The molecular formula is C12H16N2O4. The van der Waals surface area contributed by atoms with Gasteiger partial charge < -0.3 is 15.5 Å². The molecule has 0 radical (unpaired) electrons. The maximum atomic E-state index is 11.7. The number of hydrogen-bond acceptors (Lipinski definition) is 4. The van der Waals surface area contributed by atoms with Crippen molar-refractivity contribution < 1.29 is 19.8 Å². The number of nitrogens with one attached hydrogen (secondary N) is 1. The smallest absolute Gasteiger partial charge is 0.303 e. The molecule has 1 aromatic heterocycles. The Morgan fingerprint density at radius 3 is 2.61 bits per heavy atom. The van der Waals surface area contributed by atoms with E-state index in [9.17, 15) is 14.7 Å². The third-order valence-electron chi connectivity index (χ3n) is 2.31. The highest BCUT2D eigenvalue weighted by atomic mass is 16.4. The molecule has 1 heterocycles. The van der Waals surface area contributed by atoms with Crippen molar-refractivity contribution in [1.29, 1.82) is 0 Å². The van der Waals surface area contributed by atoms with Gasteiger partial charge in [-0.25, -0.2) is 4.98 Å². The van der Waals surface area contributed by atoms with E-state index in [1.54, 1.807) is 19.9 Å². The summed E-state index contributed by atoms with van der Waals surface area (Å²) in [5.74, 6) is -1.38. The molecule has 3 N–H and O–H groups in total. The van der Waals surface area contributed by atoms with E-state index in [0.717, 1.165) is 0 Å². The molecule has 18 heavy (non-hydrogen) atoms. The second kappa shape index (κ2) is 5.48. The van der Waals surface area contributed by atoms with Crippen LogP contribution in [0.1, 0.15) is 26.7 Å². The summed E-state index contributed by atoms with van der Waals surface area (Å²) in [5, 5.41) is 20.6. The number of amides is 1. The van der Waals surface area contributed by atoms with E-state index < -0.39 is 11.4 Å². The van der Waals surface area contributed by atoms with Gasteiger partial charge in [-0.15, -0.1) is 0 Å². The zero-order valence-electron chi connectivity index (χ0n) is 10.3. The van der Waals surface area contributed by atoms with Crippen LogP contribution in [-0.2, 0) is 9.59 Å². The standard InChI is InChI=1S/C12H16N2O4/c1-12(2,7-10(17)18)6-9(16)14-11-8(15)4-3-5-13-11/h3-5,15H,6-7H2,1-2H3,(H,17,18)(H,13,14,16). The second-order valence-corrected chi connectivity index (χ2v) is 4.83. The molecule has 0 bridgehead atoms. The minimum atomic E-state index is -0.950. The lowest BCUT2D eigenvalue weighted by atomic mass is 9.85. The first-order chi connectivity index (χ1) is 8.30. The predicted molar refractivity (Wildman–Crippen MR) is 65.2 cm³/mol. The number of pyridine rings is 1. The average molecular weight is 252 g/mol. The molecule has 0 aliphatic heterocycles. The van der Waals surface area contributed by atoms with Crippen LogP contribution >= 0.6 is 0 Å². The third kappa shape index (κ3) is 4.40. The first-order valence-electron chi connectivity index (χ1n) is 5.46. The van der Waals surface area contributed by atoms with Crippen LogP contribution < -0.4 is 5.32 Å². The maximum Gasteiger partial charge on any atom is 0.303 e. The molecule has 0 unspecified atom stereocenters. The van der Waals surface area contributed by atoms with Crippen molar-refractivity contribution in [3.63, 3.8) is 0 Å². The Morgan fingerprint density at radius 1 is 1.39 bits per heavy atom. The van der Waals surface area contributed by atoms with Gasteiger partial charge in [0.05, 0.1) is 6.42 Å². The summed E-state index contributed by atoms with van der Waals surface area (Å²) >= 11 is 0. The molecule has 1 amide bonds. The number of aliphatic carboxylic acids is 1. The van der Waals surface area contributed by atoms with Gasteiger partial charge >= 0.3 is 5.97 Å². The highest BCUT2D eigenvalue weighted by Crippen LogP contribution is 2.26. The fourth-order valence-electron chi connectivity index (χ4n) is 1.58. The van der Waals surface area contributed by atoms with Gasteiger partial charge in [0.1, 0.15) is 0 Å². The number of carboxylic acid groups (broad SMARTS) is 1. The van der Waals surface area contributed by atoms with Crippen molar-refractivity contribution in [3.8, 4) is 5.75 Å². The molecule has 6 nitrogen and oxygen atoms in total. The van der Waals surface area contributed by atoms with Crippen molar-refractivity contribution in [2.45, 2.75) is 26.7 Å². The molecule has 0 fully saturated rings. The van der Waals surface area contributed by atoms with Gasteiger partial charge in [-0.1, -0.05) is 13.8 Å². The largest absolute Gasteiger partial charge is 0.504 e. The van der Waals surface area contributed by atoms with E-state index in [2.05, 4.69) is 10.3 Å². The predicted octanol–water partition coefficient (Wildman–Crippen LogP) is 1.62. The zero-order valence-corrected chi connectivity index (χ0v) is 10.3. The van der Waals surface area contributed by atoms with Gasteiger partial charge in [0.25, 0.3) is 0 Å². The van der Waals surface area contributed by atoms with Gasteiger partial charge in [-0.3, -0.25) is 9.59 Å². The number of aromatic hydroxyl groups is 1. The molecule has 0 spiro atoms. The number of carboxylic acids is 1. The van der Waals surface area contributed by atoms with Crippen LogP contribution in [0.2, 0.25) is 0 Å². The normalized spacial score (nSPS) is 11.0. The minimum Gasteiger partial charge on any atom is -0.504 e. The van der Waals surface area contributed by atoms with E-state index in [-0.39, 0.29) is 30.3 Å². The van der Waals surface area contributed by atoms with Gasteiger partial charge in [0, 0.05) is 12.6 Å². The highest BCUT2D eigenvalue weighted by molar-refractivity contribution is 5.91. The molecule has 1 aromatic rings. The fourth-order valence-corrected chi connectivity index (χ4v) is 1.58. The molecule has 6 heteroatoms. The van der Waals surface area contributed by atoms with Crippen LogP contribution in [0.5, 0.6) is 5.75 Å². The van der Waals surface area contributed by atoms with Crippen molar-refractivity contribution in [2.24, 2.45) is 5.41 Å². The number of anilines is 1. The highest BCUT2D eigenvalue weighted by Gasteiger charge is 2.25.